The van der Waals surface area contributed by atoms with Gasteiger partial charge in [-0.2, -0.15) is 0 Å². The number of allylic oxidation sites excluding steroid dienone is 2. The van der Waals surface area contributed by atoms with Crippen LogP contribution < -0.4 is 0 Å². The third-order valence-corrected chi connectivity index (χ3v) is 8.60. The van der Waals surface area contributed by atoms with Crippen molar-refractivity contribution in [3.05, 3.63) is 157 Å². The number of fused-ring (bicyclic) bond motifs is 6. The Morgan fingerprint density at radius 2 is 1.12 bits per heavy atom. The maximum Gasteiger partial charge on any atom is 0.135 e. The normalized spacial score (nSPS) is 12.2. The molecule has 1 heterocycles. The minimum atomic E-state index is 0.904. The Hall–Kier alpha value is -5.40. The van der Waals surface area contributed by atoms with E-state index in [0.717, 1.165) is 27.9 Å². The van der Waals surface area contributed by atoms with Crippen LogP contribution in [0.3, 0.4) is 0 Å². The lowest BCUT2D eigenvalue weighted by Crippen LogP contribution is -1.93. The van der Waals surface area contributed by atoms with E-state index in [2.05, 4.69) is 147 Å². The molecule has 0 radical (unpaired) electrons. The summed E-state index contributed by atoms with van der Waals surface area (Å²) >= 11 is 0. The van der Waals surface area contributed by atoms with Crippen LogP contribution in [0.1, 0.15) is 16.9 Å². The van der Waals surface area contributed by atoms with Crippen molar-refractivity contribution >= 4 is 65.7 Å². The first-order valence-corrected chi connectivity index (χ1v) is 14.4. The molecule has 198 valence electrons. The highest BCUT2D eigenvalue weighted by Crippen LogP contribution is 2.45. The molecule has 42 heavy (non-hydrogen) atoms. The van der Waals surface area contributed by atoms with Gasteiger partial charge in [0.1, 0.15) is 11.3 Å². The molecule has 7 aromatic carbocycles. The van der Waals surface area contributed by atoms with Gasteiger partial charge in [0.2, 0.25) is 0 Å². The number of furan rings is 1. The minimum absolute atomic E-state index is 0.904. The second-order valence-corrected chi connectivity index (χ2v) is 10.9. The second-order valence-electron chi connectivity index (χ2n) is 10.9. The van der Waals surface area contributed by atoms with Gasteiger partial charge in [0.05, 0.1) is 0 Å². The lowest BCUT2D eigenvalue weighted by atomic mass is 9.84. The molecule has 0 saturated carbocycles. The molecule has 8 aromatic rings. The third-order valence-electron chi connectivity index (χ3n) is 8.60. The summed E-state index contributed by atoms with van der Waals surface area (Å²) in [5.41, 5.74) is 6.78. The minimum Gasteiger partial charge on any atom is -0.461 e. The Labute approximate surface area is 244 Å². The van der Waals surface area contributed by atoms with Crippen molar-refractivity contribution in [3.8, 4) is 11.1 Å². The van der Waals surface area contributed by atoms with E-state index in [0.29, 0.717) is 0 Å². The Morgan fingerprint density at radius 3 is 1.79 bits per heavy atom. The largest absolute Gasteiger partial charge is 0.461 e. The summed E-state index contributed by atoms with van der Waals surface area (Å²) < 4.78 is 6.30. The van der Waals surface area contributed by atoms with Crippen molar-refractivity contribution in [2.45, 2.75) is 6.92 Å². The van der Waals surface area contributed by atoms with Gasteiger partial charge in [0.15, 0.2) is 0 Å². The molecule has 1 aromatic heterocycles. The highest BCUT2D eigenvalue weighted by Gasteiger charge is 2.19. The van der Waals surface area contributed by atoms with Crippen LogP contribution >= 0.6 is 0 Å². The molecule has 0 bridgehead atoms. The van der Waals surface area contributed by atoms with Gasteiger partial charge < -0.3 is 4.42 Å². The van der Waals surface area contributed by atoms with Crippen molar-refractivity contribution in [2.24, 2.45) is 0 Å². The molecule has 0 atom stereocenters. The predicted octanol–water partition coefficient (Wildman–Crippen LogP) is 11.7. The maximum atomic E-state index is 6.30. The van der Waals surface area contributed by atoms with Crippen LogP contribution in [-0.2, 0) is 0 Å². The fraction of sp³-hybridized carbons (Fsp3) is 0.0244. The molecule has 0 N–H and O–H groups in total. The monoisotopic (exact) mass is 536 g/mol. The Bertz CT molecular complexity index is 2320. The standard InChI is InChI=1S/C41H28O/c1-3-27(25-37-26(2)42-38-24-23-29-14-5-7-17-31(29)41(37)38)39-33-18-8-10-20-35(33)40(36-21-11-9-19-34(36)39)32-22-12-15-28-13-4-6-16-30(28)32/h3-25H,1H2,2H3/b27-25+. The summed E-state index contributed by atoms with van der Waals surface area (Å²) in [4.78, 5) is 0. The number of hydrogen-bond acceptors (Lipinski definition) is 1. The maximum absolute atomic E-state index is 6.30. The van der Waals surface area contributed by atoms with Gasteiger partial charge >= 0.3 is 0 Å². The molecule has 0 aliphatic carbocycles. The first kappa shape index (κ1) is 24.4. The number of benzene rings is 7. The number of aryl methyl sites for hydroxylation is 1. The Morgan fingerprint density at radius 1 is 0.571 bits per heavy atom. The van der Waals surface area contributed by atoms with E-state index in [1.54, 1.807) is 0 Å². The zero-order chi connectivity index (χ0) is 28.2. The van der Waals surface area contributed by atoms with Gasteiger partial charge in [-0.1, -0.05) is 134 Å². The average molecular weight is 537 g/mol. The third kappa shape index (κ3) is 3.64. The SMILES string of the molecule is C=C/C(=C\c1c(C)oc2ccc3ccccc3c12)c1c2ccccc2c(-c2cccc3ccccc23)c2ccccc12. The molecule has 0 aliphatic rings. The average Bonchev–Trinajstić information content (AvgIpc) is 3.37. The van der Waals surface area contributed by atoms with E-state index in [4.69, 9.17) is 4.42 Å². The van der Waals surface area contributed by atoms with Crippen molar-refractivity contribution in [1.82, 2.24) is 0 Å². The van der Waals surface area contributed by atoms with Gasteiger partial charge in [0.25, 0.3) is 0 Å². The Balaban J connectivity index is 1.48. The molecular weight excluding hydrogens is 508 g/mol. The Kier molecular flexibility index (Phi) is 5.58. The molecule has 0 spiro atoms. The number of rotatable bonds is 4. The molecule has 0 aliphatic heterocycles. The fourth-order valence-corrected chi connectivity index (χ4v) is 6.75. The zero-order valence-electron chi connectivity index (χ0n) is 23.4. The van der Waals surface area contributed by atoms with Crippen LogP contribution in [0, 0.1) is 6.92 Å². The number of hydrogen-bond donors (Lipinski definition) is 0. The quantitative estimate of drug-likeness (QED) is 0.161. The molecule has 0 saturated heterocycles. The van der Waals surface area contributed by atoms with Crippen molar-refractivity contribution in [1.29, 1.82) is 0 Å². The topological polar surface area (TPSA) is 13.1 Å². The van der Waals surface area contributed by atoms with E-state index in [1.165, 1.54) is 59.8 Å². The predicted molar refractivity (Wildman–Crippen MR) is 181 cm³/mol. The fourth-order valence-electron chi connectivity index (χ4n) is 6.75. The summed E-state index contributed by atoms with van der Waals surface area (Å²) in [6, 6.07) is 45.6. The highest BCUT2D eigenvalue weighted by molar-refractivity contribution is 6.23. The van der Waals surface area contributed by atoms with Gasteiger partial charge in [-0.25, -0.2) is 0 Å². The van der Waals surface area contributed by atoms with Crippen LogP contribution in [-0.4, -0.2) is 0 Å². The van der Waals surface area contributed by atoms with Gasteiger partial charge in [-0.15, -0.1) is 0 Å². The van der Waals surface area contributed by atoms with Gasteiger partial charge in [-0.05, 0) is 84.4 Å². The van der Waals surface area contributed by atoms with Crippen LogP contribution in [0.2, 0.25) is 0 Å². The first-order chi connectivity index (χ1) is 20.7. The zero-order valence-corrected chi connectivity index (χ0v) is 23.4. The highest BCUT2D eigenvalue weighted by atomic mass is 16.3. The molecule has 0 unspecified atom stereocenters. The van der Waals surface area contributed by atoms with E-state index in [9.17, 15) is 0 Å². The first-order valence-electron chi connectivity index (χ1n) is 14.4. The van der Waals surface area contributed by atoms with Crippen LogP contribution in [0.5, 0.6) is 0 Å². The van der Waals surface area contributed by atoms with Gasteiger partial charge in [0, 0.05) is 10.9 Å². The second kappa shape index (κ2) is 9.61. The van der Waals surface area contributed by atoms with E-state index in [-0.39, 0.29) is 0 Å². The van der Waals surface area contributed by atoms with E-state index < -0.39 is 0 Å². The van der Waals surface area contributed by atoms with Gasteiger partial charge in [-0.3, -0.25) is 0 Å². The molecular formula is C41H28O. The summed E-state index contributed by atoms with van der Waals surface area (Å²) in [5, 5.41) is 10.9. The summed E-state index contributed by atoms with van der Waals surface area (Å²) in [7, 11) is 0. The van der Waals surface area contributed by atoms with Crippen LogP contribution in [0.15, 0.2) is 144 Å². The molecule has 0 amide bonds. The van der Waals surface area contributed by atoms with E-state index in [1.807, 2.05) is 6.08 Å². The molecule has 1 nitrogen and oxygen atoms in total. The summed E-state index contributed by atoms with van der Waals surface area (Å²) in [6.07, 6.45) is 4.27. The lowest BCUT2D eigenvalue weighted by molar-refractivity contribution is 0.577. The van der Waals surface area contributed by atoms with Crippen molar-refractivity contribution in [3.63, 3.8) is 0 Å². The van der Waals surface area contributed by atoms with Crippen LogP contribution in [0.4, 0.5) is 0 Å². The lowest BCUT2D eigenvalue weighted by Gasteiger charge is -2.19. The molecule has 1 heteroatoms. The molecule has 0 fully saturated rings. The summed E-state index contributed by atoms with van der Waals surface area (Å²) in [5.74, 6) is 0.904. The van der Waals surface area contributed by atoms with Crippen molar-refractivity contribution < 1.29 is 4.42 Å². The van der Waals surface area contributed by atoms with Crippen LogP contribution in [0.25, 0.3) is 76.8 Å². The molecule has 8 rings (SSSR count). The smallest absolute Gasteiger partial charge is 0.135 e. The van der Waals surface area contributed by atoms with E-state index >= 15 is 0 Å². The summed E-state index contributed by atoms with van der Waals surface area (Å²) in [6.45, 7) is 6.38. The van der Waals surface area contributed by atoms with Crippen molar-refractivity contribution in [2.75, 3.05) is 0 Å².